The molecule has 6 nitrogen and oxygen atoms in total. The van der Waals surface area contributed by atoms with Crippen molar-refractivity contribution in [3.05, 3.63) is 32.8 Å². The molecule has 0 bridgehead atoms. The van der Waals surface area contributed by atoms with Crippen molar-refractivity contribution in [1.82, 2.24) is 0 Å². The Labute approximate surface area is 99.1 Å². The molecule has 1 aromatic rings. The second-order valence-electron chi connectivity index (χ2n) is 2.84. The van der Waals surface area contributed by atoms with Gasteiger partial charge in [0.2, 0.25) is 5.75 Å². The van der Waals surface area contributed by atoms with E-state index in [1.54, 1.807) is 6.07 Å². The highest BCUT2D eigenvalue weighted by molar-refractivity contribution is 9.10. The van der Waals surface area contributed by atoms with E-state index in [1.807, 2.05) is 0 Å². The highest BCUT2D eigenvalue weighted by Gasteiger charge is 2.17. The molecular weight excluding hydrogens is 282 g/mol. The van der Waals surface area contributed by atoms with E-state index in [-0.39, 0.29) is 24.5 Å². The van der Waals surface area contributed by atoms with Crippen LogP contribution in [-0.2, 0) is 4.79 Å². The van der Waals surface area contributed by atoms with Gasteiger partial charge in [-0.15, -0.1) is 0 Å². The summed E-state index contributed by atoms with van der Waals surface area (Å²) < 4.78 is 5.49. The van der Waals surface area contributed by atoms with Crippen molar-refractivity contribution >= 4 is 27.6 Å². The minimum Gasteiger partial charge on any atom is -0.485 e. The van der Waals surface area contributed by atoms with E-state index in [9.17, 15) is 14.9 Å². The zero-order valence-corrected chi connectivity index (χ0v) is 9.64. The molecule has 0 aliphatic heterocycles. The van der Waals surface area contributed by atoms with Crippen LogP contribution >= 0.6 is 15.9 Å². The maximum Gasteiger partial charge on any atom is 0.312 e. The van der Waals surface area contributed by atoms with Gasteiger partial charge in [-0.1, -0.05) is 6.07 Å². The van der Waals surface area contributed by atoms with Crippen LogP contribution in [0.3, 0.4) is 0 Å². The van der Waals surface area contributed by atoms with Gasteiger partial charge in [0.15, 0.2) is 0 Å². The van der Waals surface area contributed by atoms with Crippen LogP contribution in [0.4, 0.5) is 5.69 Å². The number of hydrogen-bond acceptors (Lipinski definition) is 4. The third-order valence-electron chi connectivity index (χ3n) is 1.71. The Balaban J connectivity index is 2.84. The van der Waals surface area contributed by atoms with Gasteiger partial charge in [0.1, 0.15) is 0 Å². The van der Waals surface area contributed by atoms with Gasteiger partial charge in [-0.3, -0.25) is 14.9 Å². The van der Waals surface area contributed by atoms with Gasteiger partial charge in [0, 0.05) is 6.07 Å². The molecule has 1 N–H and O–H groups in total. The lowest BCUT2D eigenvalue weighted by molar-refractivity contribution is -0.386. The van der Waals surface area contributed by atoms with Crippen LogP contribution in [0.15, 0.2) is 22.7 Å². The molecule has 16 heavy (non-hydrogen) atoms. The van der Waals surface area contributed by atoms with E-state index >= 15 is 0 Å². The summed E-state index contributed by atoms with van der Waals surface area (Å²) >= 11 is 3.11. The molecule has 0 spiro atoms. The number of carboxylic acids is 1. The minimum absolute atomic E-state index is 0.0498. The second-order valence-corrected chi connectivity index (χ2v) is 3.69. The third kappa shape index (κ3) is 3.20. The van der Waals surface area contributed by atoms with Crippen LogP contribution in [0, 0.1) is 10.1 Å². The van der Waals surface area contributed by atoms with Crippen molar-refractivity contribution in [3.63, 3.8) is 0 Å². The normalized spacial score (nSPS) is 9.81. The molecule has 0 aromatic heterocycles. The quantitative estimate of drug-likeness (QED) is 0.663. The smallest absolute Gasteiger partial charge is 0.312 e. The molecule has 0 saturated carbocycles. The fraction of sp³-hybridized carbons (Fsp3) is 0.222. The van der Waals surface area contributed by atoms with Gasteiger partial charge >= 0.3 is 11.7 Å². The number of ether oxygens (including phenoxy) is 1. The number of halogens is 1. The Morgan fingerprint density at radius 2 is 2.25 bits per heavy atom. The fourth-order valence-electron chi connectivity index (χ4n) is 1.02. The zero-order valence-electron chi connectivity index (χ0n) is 8.05. The van der Waals surface area contributed by atoms with Crippen molar-refractivity contribution in [3.8, 4) is 5.75 Å². The van der Waals surface area contributed by atoms with Gasteiger partial charge in [-0.05, 0) is 22.0 Å². The summed E-state index contributed by atoms with van der Waals surface area (Å²) in [6, 6.07) is 4.39. The average Bonchev–Trinajstić information content (AvgIpc) is 2.19. The number of para-hydroxylation sites is 1. The summed E-state index contributed by atoms with van der Waals surface area (Å²) in [4.78, 5) is 20.3. The van der Waals surface area contributed by atoms with Crippen molar-refractivity contribution in [2.45, 2.75) is 6.42 Å². The Kier molecular flexibility index (Phi) is 4.24. The van der Waals surface area contributed by atoms with Crippen LogP contribution in [0.25, 0.3) is 0 Å². The number of hydrogen-bond donors (Lipinski definition) is 1. The van der Waals surface area contributed by atoms with Crippen molar-refractivity contribution in [2.75, 3.05) is 6.61 Å². The van der Waals surface area contributed by atoms with Crippen LogP contribution in [0.2, 0.25) is 0 Å². The van der Waals surface area contributed by atoms with Crippen molar-refractivity contribution < 1.29 is 19.6 Å². The van der Waals surface area contributed by atoms with Crippen LogP contribution in [-0.4, -0.2) is 22.6 Å². The first-order valence-corrected chi connectivity index (χ1v) is 5.09. The first-order chi connectivity index (χ1) is 7.52. The molecule has 0 aliphatic carbocycles. The zero-order chi connectivity index (χ0) is 12.1. The standard InChI is InChI=1S/C9H8BrNO5/c10-6-2-1-3-7(11(14)15)9(6)16-5-4-8(12)13/h1-3H,4-5H2,(H,12,13). The molecule has 0 aliphatic rings. The molecular formula is C9H8BrNO5. The molecule has 0 unspecified atom stereocenters. The number of nitro benzene ring substituents is 1. The van der Waals surface area contributed by atoms with Gasteiger partial charge in [-0.25, -0.2) is 0 Å². The molecule has 0 amide bonds. The number of nitro groups is 1. The summed E-state index contributed by atoms with van der Waals surface area (Å²) in [6.07, 6.45) is -0.210. The minimum atomic E-state index is -1.02. The molecule has 0 heterocycles. The Bertz CT molecular complexity index is 420. The first kappa shape index (κ1) is 12.4. The maximum absolute atomic E-state index is 10.7. The molecule has 7 heteroatoms. The topological polar surface area (TPSA) is 89.7 Å². The van der Waals surface area contributed by atoms with E-state index in [0.29, 0.717) is 4.47 Å². The van der Waals surface area contributed by atoms with E-state index < -0.39 is 10.9 Å². The second kappa shape index (κ2) is 5.45. The molecule has 0 radical (unpaired) electrons. The van der Waals surface area contributed by atoms with E-state index in [4.69, 9.17) is 9.84 Å². The summed E-state index contributed by atoms with van der Waals surface area (Å²) in [5.41, 5.74) is -0.195. The largest absolute Gasteiger partial charge is 0.485 e. The maximum atomic E-state index is 10.7. The number of benzene rings is 1. The lowest BCUT2D eigenvalue weighted by Gasteiger charge is -2.06. The number of carboxylic acid groups (broad SMARTS) is 1. The molecule has 1 aromatic carbocycles. The predicted octanol–water partition coefficient (Wildman–Crippen LogP) is 2.21. The lowest BCUT2D eigenvalue weighted by atomic mass is 10.3. The van der Waals surface area contributed by atoms with Gasteiger partial charge in [-0.2, -0.15) is 0 Å². The summed E-state index contributed by atoms with van der Waals surface area (Å²) in [5, 5.41) is 19.1. The van der Waals surface area contributed by atoms with E-state index in [0.717, 1.165) is 0 Å². The first-order valence-electron chi connectivity index (χ1n) is 4.30. The fourth-order valence-corrected chi connectivity index (χ4v) is 1.49. The molecule has 0 fully saturated rings. The number of aliphatic carboxylic acids is 1. The van der Waals surface area contributed by atoms with Crippen molar-refractivity contribution in [1.29, 1.82) is 0 Å². The monoisotopic (exact) mass is 289 g/mol. The highest BCUT2D eigenvalue weighted by atomic mass is 79.9. The Hall–Kier alpha value is -1.63. The van der Waals surface area contributed by atoms with Gasteiger partial charge in [0.05, 0.1) is 22.4 Å². The highest BCUT2D eigenvalue weighted by Crippen LogP contribution is 2.34. The molecule has 0 atom stereocenters. The van der Waals surface area contributed by atoms with Crippen LogP contribution in [0.5, 0.6) is 5.75 Å². The third-order valence-corrected chi connectivity index (χ3v) is 2.33. The molecule has 1 rings (SSSR count). The average molecular weight is 290 g/mol. The molecule has 86 valence electrons. The molecule has 0 saturated heterocycles. The van der Waals surface area contributed by atoms with Crippen molar-refractivity contribution in [2.24, 2.45) is 0 Å². The number of carbonyl (C=O) groups is 1. The van der Waals surface area contributed by atoms with Crippen LogP contribution < -0.4 is 4.74 Å². The summed E-state index contributed by atoms with van der Waals surface area (Å²) in [6.45, 7) is -0.112. The predicted molar refractivity (Wildman–Crippen MR) is 58.5 cm³/mol. The van der Waals surface area contributed by atoms with Crippen LogP contribution in [0.1, 0.15) is 6.42 Å². The summed E-state index contributed by atoms with van der Waals surface area (Å²) in [5.74, 6) is -0.969. The SMILES string of the molecule is O=C(O)CCOc1c(Br)cccc1[N+](=O)[O-]. The lowest BCUT2D eigenvalue weighted by Crippen LogP contribution is -2.06. The Morgan fingerprint density at radius 3 is 2.81 bits per heavy atom. The Morgan fingerprint density at radius 1 is 1.56 bits per heavy atom. The van der Waals surface area contributed by atoms with Gasteiger partial charge in [0.25, 0.3) is 0 Å². The summed E-state index contributed by atoms with van der Waals surface area (Å²) in [7, 11) is 0. The van der Waals surface area contributed by atoms with Gasteiger partial charge < -0.3 is 9.84 Å². The number of nitrogens with zero attached hydrogens (tertiary/aromatic N) is 1. The van der Waals surface area contributed by atoms with E-state index in [2.05, 4.69) is 15.9 Å². The van der Waals surface area contributed by atoms with E-state index in [1.165, 1.54) is 12.1 Å². The number of rotatable bonds is 5.